The monoisotopic (exact) mass is 417 g/mol. The number of carbonyl (C=O) groups excluding carboxylic acids is 1. The van der Waals surface area contributed by atoms with E-state index in [1.165, 1.54) is 11.3 Å². The second kappa shape index (κ2) is 8.53. The van der Waals surface area contributed by atoms with Crippen molar-refractivity contribution in [1.82, 2.24) is 25.2 Å². The Morgan fingerprint density at radius 2 is 2.31 bits per heavy atom. The fraction of sp³-hybridized carbons (Fsp3) is 0.667. The molecule has 1 saturated carbocycles. The fourth-order valence-electron chi connectivity index (χ4n) is 4.63. The molecule has 1 saturated heterocycles. The number of aryl methyl sites for hydroxylation is 3. The zero-order valence-corrected chi connectivity index (χ0v) is 18.4. The van der Waals surface area contributed by atoms with Crippen LogP contribution in [0.25, 0.3) is 0 Å². The standard InChI is InChI=1S/C21H31N5O2S/c1-4-18-23-14(2)16(24-18)11-26-9-10-28-21(12-26)8-6-5-7-17(21)25-20(27)19-15(3)22-13-29-19/h13,17H,4-12H2,1-3H3,(H,23,24)(H,25,27)/t17-,21+/m0/s1. The Hall–Kier alpha value is -1.77. The Morgan fingerprint density at radius 1 is 1.45 bits per heavy atom. The van der Waals surface area contributed by atoms with Crippen molar-refractivity contribution in [1.29, 1.82) is 0 Å². The summed E-state index contributed by atoms with van der Waals surface area (Å²) in [6, 6.07) is 0.0273. The van der Waals surface area contributed by atoms with E-state index in [1.807, 2.05) is 6.92 Å². The zero-order valence-electron chi connectivity index (χ0n) is 17.6. The van der Waals surface area contributed by atoms with Crippen molar-refractivity contribution in [2.75, 3.05) is 19.7 Å². The van der Waals surface area contributed by atoms with Crippen molar-refractivity contribution in [3.8, 4) is 0 Å². The van der Waals surface area contributed by atoms with Crippen molar-refractivity contribution < 1.29 is 9.53 Å². The van der Waals surface area contributed by atoms with Crippen LogP contribution in [0.5, 0.6) is 0 Å². The van der Waals surface area contributed by atoms with Gasteiger partial charge in [-0.05, 0) is 26.7 Å². The zero-order chi connectivity index (χ0) is 20.4. The average molecular weight is 418 g/mol. The van der Waals surface area contributed by atoms with Gasteiger partial charge in [-0.25, -0.2) is 9.97 Å². The van der Waals surface area contributed by atoms with Crippen LogP contribution in [0.15, 0.2) is 5.51 Å². The summed E-state index contributed by atoms with van der Waals surface area (Å²) in [6.45, 7) is 9.33. The molecule has 4 rings (SSSR count). The molecule has 0 aromatic carbocycles. The number of rotatable bonds is 5. The molecule has 7 nitrogen and oxygen atoms in total. The first-order valence-corrected chi connectivity index (χ1v) is 11.5. The molecule has 2 aromatic rings. The maximum Gasteiger partial charge on any atom is 0.263 e. The molecule has 0 bridgehead atoms. The smallest absolute Gasteiger partial charge is 0.263 e. The Bertz CT molecular complexity index is 859. The molecule has 3 heterocycles. The van der Waals surface area contributed by atoms with Crippen LogP contribution in [0.1, 0.15) is 65.2 Å². The lowest BCUT2D eigenvalue weighted by molar-refractivity contribution is -0.143. The van der Waals surface area contributed by atoms with E-state index in [-0.39, 0.29) is 17.6 Å². The highest BCUT2D eigenvalue weighted by Crippen LogP contribution is 2.35. The maximum absolute atomic E-state index is 12.8. The highest BCUT2D eigenvalue weighted by atomic mass is 32.1. The van der Waals surface area contributed by atoms with Crippen LogP contribution in [-0.4, -0.2) is 57.1 Å². The number of H-pyrrole nitrogens is 1. The van der Waals surface area contributed by atoms with Gasteiger partial charge < -0.3 is 15.0 Å². The SMILES string of the molecule is CCc1nc(CN2CCO[C@]3(CCCC[C@@H]3NC(=O)c3scnc3C)C2)c(C)[nH]1. The van der Waals surface area contributed by atoms with Gasteiger partial charge in [-0.2, -0.15) is 0 Å². The summed E-state index contributed by atoms with van der Waals surface area (Å²) in [6.07, 6.45) is 5.12. The minimum absolute atomic E-state index is 0.0206. The molecule has 8 heteroatoms. The van der Waals surface area contributed by atoms with Crippen molar-refractivity contribution in [2.45, 2.75) is 71.1 Å². The number of amides is 1. The number of hydrogen-bond acceptors (Lipinski definition) is 6. The van der Waals surface area contributed by atoms with Crippen molar-refractivity contribution in [3.05, 3.63) is 33.3 Å². The second-order valence-corrected chi connectivity index (χ2v) is 9.13. The average Bonchev–Trinajstić information content (AvgIpc) is 3.29. The quantitative estimate of drug-likeness (QED) is 0.781. The van der Waals surface area contributed by atoms with Gasteiger partial charge >= 0.3 is 0 Å². The number of ether oxygens (including phenoxy) is 1. The van der Waals surface area contributed by atoms with E-state index in [4.69, 9.17) is 9.72 Å². The molecule has 2 aliphatic rings. The molecule has 1 aliphatic carbocycles. The first-order chi connectivity index (χ1) is 14.0. The number of morpholine rings is 1. The van der Waals surface area contributed by atoms with Crippen LogP contribution in [0.4, 0.5) is 0 Å². The molecule has 1 spiro atoms. The van der Waals surface area contributed by atoms with E-state index in [0.717, 1.165) is 74.6 Å². The third-order valence-corrected chi connectivity index (χ3v) is 7.19. The summed E-state index contributed by atoms with van der Waals surface area (Å²) in [7, 11) is 0. The number of nitrogens with one attached hydrogen (secondary N) is 2. The van der Waals surface area contributed by atoms with E-state index in [2.05, 4.69) is 34.0 Å². The third-order valence-electron chi connectivity index (χ3n) is 6.27. The first-order valence-electron chi connectivity index (χ1n) is 10.6. The molecule has 2 N–H and O–H groups in total. The minimum Gasteiger partial charge on any atom is -0.370 e. The van der Waals surface area contributed by atoms with E-state index in [1.54, 1.807) is 5.51 Å². The van der Waals surface area contributed by atoms with Crippen LogP contribution in [0, 0.1) is 13.8 Å². The summed E-state index contributed by atoms with van der Waals surface area (Å²) < 4.78 is 6.40. The Labute approximate surface area is 176 Å². The lowest BCUT2D eigenvalue weighted by atomic mass is 9.78. The number of aromatic amines is 1. The summed E-state index contributed by atoms with van der Waals surface area (Å²) in [5.41, 5.74) is 4.48. The van der Waals surface area contributed by atoms with Crippen LogP contribution in [-0.2, 0) is 17.7 Å². The number of imidazole rings is 1. The van der Waals surface area contributed by atoms with Gasteiger partial charge in [0, 0.05) is 31.7 Å². The van der Waals surface area contributed by atoms with E-state index < -0.39 is 0 Å². The summed E-state index contributed by atoms with van der Waals surface area (Å²) in [5.74, 6) is 1.02. The van der Waals surface area contributed by atoms with Crippen LogP contribution in [0.3, 0.4) is 0 Å². The summed E-state index contributed by atoms with van der Waals surface area (Å²) in [4.78, 5) is 28.3. The van der Waals surface area contributed by atoms with Crippen LogP contribution < -0.4 is 5.32 Å². The molecule has 2 aromatic heterocycles. The predicted molar refractivity (Wildman–Crippen MR) is 113 cm³/mol. The Balaban J connectivity index is 1.48. The third kappa shape index (κ3) is 4.25. The van der Waals surface area contributed by atoms with Gasteiger partial charge in [-0.1, -0.05) is 19.8 Å². The number of thiazole rings is 1. The number of carbonyl (C=O) groups is 1. The van der Waals surface area contributed by atoms with Crippen molar-refractivity contribution in [2.24, 2.45) is 0 Å². The lowest BCUT2D eigenvalue weighted by Crippen LogP contribution is -2.63. The number of aromatic nitrogens is 3. The van der Waals surface area contributed by atoms with Gasteiger partial charge in [0.2, 0.25) is 0 Å². The Morgan fingerprint density at radius 3 is 3.03 bits per heavy atom. The van der Waals surface area contributed by atoms with Gasteiger partial charge in [-0.15, -0.1) is 11.3 Å². The molecular formula is C21H31N5O2S. The van der Waals surface area contributed by atoms with Crippen LogP contribution in [0.2, 0.25) is 0 Å². The highest BCUT2D eigenvalue weighted by Gasteiger charge is 2.46. The predicted octanol–water partition coefficient (Wildman–Crippen LogP) is 2.99. The van der Waals surface area contributed by atoms with Gasteiger partial charge in [-0.3, -0.25) is 9.69 Å². The molecule has 0 radical (unpaired) electrons. The second-order valence-electron chi connectivity index (χ2n) is 8.27. The lowest BCUT2D eigenvalue weighted by Gasteiger charge is -2.49. The molecule has 1 aliphatic heterocycles. The fourth-order valence-corrected chi connectivity index (χ4v) is 5.34. The van der Waals surface area contributed by atoms with Crippen LogP contribution >= 0.6 is 11.3 Å². The number of hydrogen-bond donors (Lipinski definition) is 2. The van der Waals surface area contributed by atoms with Crippen molar-refractivity contribution in [3.63, 3.8) is 0 Å². The van der Waals surface area contributed by atoms with Gasteiger partial charge in [0.1, 0.15) is 16.3 Å². The Kier molecular flexibility index (Phi) is 6.03. The molecular weight excluding hydrogens is 386 g/mol. The normalized spacial score (nSPS) is 25.4. The molecule has 29 heavy (non-hydrogen) atoms. The summed E-state index contributed by atoms with van der Waals surface area (Å²) >= 11 is 1.40. The topological polar surface area (TPSA) is 83.1 Å². The number of nitrogens with zero attached hydrogens (tertiary/aromatic N) is 3. The summed E-state index contributed by atoms with van der Waals surface area (Å²) in [5, 5.41) is 3.29. The van der Waals surface area contributed by atoms with Gasteiger partial charge in [0.15, 0.2) is 0 Å². The maximum atomic E-state index is 12.8. The van der Waals surface area contributed by atoms with Gasteiger partial charge in [0.25, 0.3) is 5.91 Å². The van der Waals surface area contributed by atoms with Crippen molar-refractivity contribution >= 4 is 17.2 Å². The molecule has 2 atom stereocenters. The van der Waals surface area contributed by atoms with E-state index in [0.29, 0.717) is 11.5 Å². The van der Waals surface area contributed by atoms with E-state index in [9.17, 15) is 4.79 Å². The molecule has 2 fully saturated rings. The molecule has 1 amide bonds. The van der Waals surface area contributed by atoms with Gasteiger partial charge in [0.05, 0.1) is 29.5 Å². The largest absolute Gasteiger partial charge is 0.370 e. The highest BCUT2D eigenvalue weighted by molar-refractivity contribution is 7.11. The first kappa shape index (κ1) is 20.5. The van der Waals surface area contributed by atoms with E-state index >= 15 is 0 Å². The molecule has 0 unspecified atom stereocenters. The minimum atomic E-state index is -0.317. The molecule has 158 valence electrons.